The van der Waals surface area contributed by atoms with Gasteiger partial charge in [-0.2, -0.15) is 0 Å². The summed E-state index contributed by atoms with van der Waals surface area (Å²) in [5.74, 6) is 0. The molecule has 0 atom stereocenters. The largest absolute Gasteiger partial charge is 0.352 e. The van der Waals surface area contributed by atoms with Crippen molar-refractivity contribution in [2.24, 2.45) is 0 Å². The summed E-state index contributed by atoms with van der Waals surface area (Å²) >= 11 is 11.4. The molecule has 0 spiro atoms. The maximum Gasteiger partial charge on any atom is 0.352 e. The molecule has 0 saturated heterocycles. The minimum Gasteiger partial charge on any atom is -0.305 e. The number of aromatic nitrogens is 1. The van der Waals surface area contributed by atoms with E-state index in [9.17, 15) is 14.9 Å². The van der Waals surface area contributed by atoms with Crippen LogP contribution in [0.15, 0.2) is 41.3 Å². The third kappa shape index (κ3) is 2.94. The van der Waals surface area contributed by atoms with Gasteiger partial charge in [-0.25, -0.2) is 0 Å². The quantitative estimate of drug-likeness (QED) is 0.646. The lowest BCUT2D eigenvalue weighted by Crippen LogP contribution is -2.22. The van der Waals surface area contributed by atoms with Crippen LogP contribution >= 0.6 is 23.2 Å². The maximum absolute atomic E-state index is 11.9. The van der Waals surface area contributed by atoms with Crippen LogP contribution in [-0.2, 0) is 6.54 Å². The van der Waals surface area contributed by atoms with Gasteiger partial charge in [-0.05, 0) is 23.8 Å². The molecule has 1 aromatic heterocycles. The van der Waals surface area contributed by atoms with E-state index >= 15 is 0 Å². The van der Waals surface area contributed by atoms with Crippen molar-refractivity contribution in [3.8, 4) is 0 Å². The predicted octanol–water partition coefficient (Wildman–Crippen LogP) is 3.11. The molecular formula is C12H8Cl2N2O3. The molecule has 0 saturated carbocycles. The van der Waals surface area contributed by atoms with Crippen LogP contribution in [0.5, 0.6) is 0 Å². The van der Waals surface area contributed by atoms with Crippen LogP contribution in [0.25, 0.3) is 0 Å². The number of nitrogens with zero attached hydrogens (tertiary/aromatic N) is 2. The molecule has 7 heteroatoms. The van der Waals surface area contributed by atoms with Crippen LogP contribution < -0.4 is 5.56 Å². The molecule has 2 rings (SSSR count). The second kappa shape index (κ2) is 5.42. The molecule has 1 aromatic carbocycles. The van der Waals surface area contributed by atoms with Gasteiger partial charge >= 0.3 is 11.2 Å². The lowest BCUT2D eigenvalue weighted by molar-refractivity contribution is -0.386. The molecular weight excluding hydrogens is 291 g/mol. The maximum atomic E-state index is 11.9. The predicted molar refractivity (Wildman–Crippen MR) is 72.9 cm³/mol. The summed E-state index contributed by atoms with van der Waals surface area (Å²) in [5.41, 5.74) is -0.534. The highest BCUT2D eigenvalue weighted by Crippen LogP contribution is 2.19. The third-order valence-corrected chi connectivity index (χ3v) is 3.10. The zero-order chi connectivity index (χ0) is 14.0. The first-order valence-electron chi connectivity index (χ1n) is 5.27. The molecule has 0 aliphatic heterocycles. The van der Waals surface area contributed by atoms with Crippen molar-refractivity contribution in [2.75, 3.05) is 0 Å². The summed E-state index contributed by atoms with van der Waals surface area (Å²) in [4.78, 5) is 21.9. The molecule has 0 unspecified atom stereocenters. The fraction of sp³-hybridized carbons (Fsp3) is 0.0833. The van der Waals surface area contributed by atoms with Gasteiger partial charge in [0.25, 0.3) is 0 Å². The summed E-state index contributed by atoms with van der Waals surface area (Å²) in [6.07, 6.45) is 1.42. The topological polar surface area (TPSA) is 65.1 Å². The molecule has 19 heavy (non-hydrogen) atoms. The number of rotatable bonds is 3. The minimum absolute atomic E-state index is 0.164. The number of benzene rings is 1. The summed E-state index contributed by atoms with van der Waals surface area (Å²) < 4.78 is 1.23. The number of pyridine rings is 1. The van der Waals surface area contributed by atoms with Crippen molar-refractivity contribution in [2.45, 2.75) is 6.54 Å². The number of hydrogen-bond donors (Lipinski definition) is 0. The van der Waals surface area contributed by atoms with Crippen LogP contribution in [-0.4, -0.2) is 9.49 Å². The fourth-order valence-electron chi connectivity index (χ4n) is 1.62. The average Bonchev–Trinajstić information content (AvgIpc) is 2.35. The van der Waals surface area contributed by atoms with Gasteiger partial charge in [-0.15, -0.1) is 0 Å². The second-order valence-corrected chi connectivity index (χ2v) is 4.67. The zero-order valence-electron chi connectivity index (χ0n) is 9.55. The van der Waals surface area contributed by atoms with Gasteiger partial charge in [0, 0.05) is 11.2 Å². The second-order valence-electron chi connectivity index (χ2n) is 3.83. The van der Waals surface area contributed by atoms with Gasteiger partial charge < -0.3 is 4.57 Å². The molecule has 0 aliphatic rings. The zero-order valence-corrected chi connectivity index (χ0v) is 11.1. The first-order valence-corrected chi connectivity index (χ1v) is 6.02. The first kappa shape index (κ1) is 13.6. The molecule has 98 valence electrons. The van der Waals surface area contributed by atoms with E-state index in [0.717, 1.165) is 5.56 Å². The Hall–Kier alpha value is -1.85. The van der Waals surface area contributed by atoms with Crippen molar-refractivity contribution in [3.63, 3.8) is 0 Å². The molecule has 0 fully saturated rings. The van der Waals surface area contributed by atoms with Crippen LogP contribution in [0.2, 0.25) is 10.0 Å². The van der Waals surface area contributed by atoms with Crippen molar-refractivity contribution < 1.29 is 4.92 Å². The summed E-state index contributed by atoms with van der Waals surface area (Å²) in [6.45, 7) is 0.216. The SMILES string of the molecule is O=c1c([N+](=O)[O-])c(Cl)ccn1Cc1ccc(Cl)cc1. The monoisotopic (exact) mass is 298 g/mol. The van der Waals surface area contributed by atoms with Gasteiger partial charge in [0.2, 0.25) is 0 Å². The van der Waals surface area contributed by atoms with E-state index in [1.807, 2.05) is 0 Å². The number of nitro groups is 1. The summed E-state index contributed by atoms with van der Waals surface area (Å²) in [5, 5.41) is 11.2. The van der Waals surface area contributed by atoms with Gasteiger partial charge in [0.05, 0.1) is 11.5 Å². The van der Waals surface area contributed by atoms with E-state index in [0.29, 0.717) is 5.02 Å². The molecule has 2 aromatic rings. The number of hydrogen-bond acceptors (Lipinski definition) is 3. The lowest BCUT2D eigenvalue weighted by Gasteiger charge is -2.06. The lowest BCUT2D eigenvalue weighted by atomic mass is 10.2. The standard InChI is InChI=1S/C12H8Cl2N2O3/c13-9-3-1-8(2-4-9)7-15-6-5-10(14)11(12(15)17)16(18)19/h1-6H,7H2. The van der Waals surface area contributed by atoms with E-state index in [1.54, 1.807) is 24.3 Å². The average molecular weight is 299 g/mol. The molecule has 0 radical (unpaired) electrons. The Kier molecular flexibility index (Phi) is 3.87. The molecule has 0 N–H and O–H groups in total. The van der Waals surface area contributed by atoms with Crippen LogP contribution in [0.1, 0.15) is 5.56 Å². The van der Waals surface area contributed by atoms with Crippen molar-refractivity contribution in [1.29, 1.82) is 0 Å². The molecule has 0 amide bonds. The third-order valence-electron chi connectivity index (χ3n) is 2.54. The van der Waals surface area contributed by atoms with Gasteiger partial charge in [0.1, 0.15) is 5.02 Å². The van der Waals surface area contributed by atoms with Gasteiger partial charge in [0.15, 0.2) is 0 Å². The molecule has 0 aliphatic carbocycles. The highest BCUT2D eigenvalue weighted by molar-refractivity contribution is 6.32. The van der Waals surface area contributed by atoms with E-state index in [-0.39, 0.29) is 11.6 Å². The molecule has 1 heterocycles. The van der Waals surface area contributed by atoms with E-state index in [1.165, 1.54) is 16.8 Å². The highest BCUT2D eigenvalue weighted by Gasteiger charge is 2.19. The summed E-state index contributed by atoms with van der Waals surface area (Å²) in [6, 6.07) is 8.19. The normalized spacial score (nSPS) is 10.4. The Balaban J connectivity index is 2.41. The van der Waals surface area contributed by atoms with E-state index in [4.69, 9.17) is 23.2 Å². The van der Waals surface area contributed by atoms with Gasteiger partial charge in [-0.1, -0.05) is 35.3 Å². The first-order chi connectivity index (χ1) is 8.99. The summed E-state index contributed by atoms with van der Waals surface area (Å²) in [7, 11) is 0. The Morgan fingerprint density at radius 3 is 2.37 bits per heavy atom. The smallest absolute Gasteiger partial charge is 0.305 e. The Morgan fingerprint density at radius 1 is 1.16 bits per heavy atom. The minimum atomic E-state index is -0.775. The Labute approximate surface area is 118 Å². The number of halogens is 2. The molecule has 0 bridgehead atoms. The van der Waals surface area contributed by atoms with E-state index < -0.39 is 16.2 Å². The van der Waals surface area contributed by atoms with Gasteiger partial charge in [-0.3, -0.25) is 14.9 Å². The van der Waals surface area contributed by atoms with Crippen molar-refractivity contribution in [3.05, 3.63) is 72.6 Å². The Morgan fingerprint density at radius 2 is 1.79 bits per heavy atom. The molecule has 5 nitrogen and oxygen atoms in total. The van der Waals surface area contributed by atoms with Crippen LogP contribution in [0.4, 0.5) is 5.69 Å². The fourth-order valence-corrected chi connectivity index (χ4v) is 1.95. The van der Waals surface area contributed by atoms with Crippen molar-refractivity contribution >= 4 is 28.9 Å². The highest BCUT2D eigenvalue weighted by atomic mass is 35.5. The Bertz CT molecular complexity index is 680. The van der Waals surface area contributed by atoms with E-state index in [2.05, 4.69) is 0 Å². The van der Waals surface area contributed by atoms with Crippen LogP contribution in [0, 0.1) is 10.1 Å². The van der Waals surface area contributed by atoms with Crippen molar-refractivity contribution in [1.82, 2.24) is 4.57 Å². The van der Waals surface area contributed by atoms with Crippen LogP contribution in [0.3, 0.4) is 0 Å².